The first-order chi connectivity index (χ1) is 8.06. The normalized spacial score (nSPS) is 10.4. The lowest BCUT2D eigenvalue weighted by Crippen LogP contribution is -2.10. The monoisotopic (exact) mass is 238 g/mol. The van der Waals surface area contributed by atoms with E-state index in [9.17, 15) is 4.79 Å². The fourth-order valence-electron chi connectivity index (χ4n) is 1.35. The van der Waals surface area contributed by atoms with Crippen molar-refractivity contribution < 1.29 is 19.4 Å². The van der Waals surface area contributed by atoms with Crippen molar-refractivity contribution in [3.63, 3.8) is 0 Å². The molecule has 1 aromatic rings. The van der Waals surface area contributed by atoms with Gasteiger partial charge in [-0.3, -0.25) is 0 Å². The van der Waals surface area contributed by atoms with Gasteiger partial charge in [0.2, 0.25) is 0 Å². The van der Waals surface area contributed by atoms with Gasteiger partial charge in [-0.1, -0.05) is 19.9 Å². The van der Waals surface area contributed by atoms with E-state index in [1.165, 1.54) is 6.07 Å². The lowest BCUT2D eigenvalue weighted by atomic mass is 10.2. The van der Waals surface area contributed by atoms with Gasteiger partial charge in [0.1, 0.15) is 5.56 Å². The second-order valence-corrected chi connectivity index (χ2v) is 4.08. The number of hydrogen-bond donors (Lipinski definition) is 1. The maximum absolute atomic E-state index is 11.1. The molecule has 1 aromatic carbocycles. The molecule has 0 atom stereocenters. The fraction of sp³-hybridized carbons (Fsp3) is 0.462. The Labute approximate surface area is 101 Å². The molecule has 17 heavy (non-hydrogen) atoms. The van der Waals surface area contributed by atoms with Gasteiger partial charge in [0.25, 0.3) is 0 Å². The molecule has 1 rings (SSSR count). The zero-order chi connectivity index (χ0) is 12.8. The molecule has 0 aliphatic rings. The average Bonchev–Trinajstić information content (AvgIpc) is 2.27. The van der Waals surface area contributed by atoms with E-state index >= 15 is 0 Å². The van der Waals surface area contributed by atoms with Crippen LogP contribution in [0.5, 0.6) is 11.5 Å². The van der Waals surface area contributed by atoms with Gasteiger partial charge in [-0.15, -0.1) is 0 Å². The van der Waals surface area contributed by atoms with Gasteiger partial charge in [-0.2, -0.15) is 0 Å². The van der Waals surface area contributed by atoms with Crippen LogP contribution < -0.4 is 9.47 Å². The Balaban J connectivity index is 3.04. The summed E-state index contributed by atoms with van der Waals surface area (Å²) < 4.78 is 10.9. The molecule has 0 aromatic heterocycles. The first kappa shape index (κ1) is 13.4. The highest BCUT2D eigenvalue weighted by molar-refractivity contribution is 5.92. The van der Waals surface area contributed by atoms with E-state index in [4.69, 9.17) is 14.6 Å². The lowest BCUT2D eigenvalue weighted by molar-refractivity contribution is 0.0690. The maximum Gasteiger partial charge on any atom is 0.339 e. The number of aromatic carboxylic acids is 1. The predicted octanol–water partition coefficient (Wildman–Crippen LogP) is 2.82. The number of carboxylic acid groups (broad SMARTS) is 1. The Hall–Kier alpha value is -1.71. The lowest BCUT2D eigenvalue weighted by Gasteiger charge is -2.15. The van der Waals surface area contributed by atoms with Crippen molar-refractivity contribution in [2.75, 3.05) is 13.2 Å². The van der Waals surface area contributed by atoms with Crippen LogP contribution in [0.25, 0.3) is 0 Å². The minimum Gasteiger partial charge on any atom is -0.490 e. The number of benzene rings is 1. The zero-order valence-electron chi connectivity index (χ0n) is 10.4. The van der Waals surface area contributed by atoms with Crippen molar-refractivity contribution in [2.24, 2.45) is 5.92 Å². The molecule has 0 fully saturated rings. The van der Waals surface area contributed by atoms with Crippen molar-refractivity contribution in [3.8, 4) is 11.5 Å². The van der Waals surface area contributed by atoms with Crippen LogP contribution in [-0.4, -0.2) is 24.3 Å². The second-order valence-electron chi connectivity index (χ2n) is 4.08. The first-order valence-electron chi connectivity index (χ1n) is 5.68. The average molecular weight is 238 g/mol. The van der Waals surface area contributed by atoms with Crippen LogP contribution in [0.1, 0.15) is 31.1 Å². The van der Waals surface area contributed by atoms with Gasteiger partial charge < -0.3 is 14.6 Å². The van der Waals surface area contributed by atoms with Crippen molar-refractivity contribution >= 4 is 5.97 Å². The standard InChI is InChI=1S/C13H18O4/c1-4-16-11-7-5-6-10(13(14)15)12(11)17-8-9(2)3/h5-7,9H,4,8H2,1-3H3,(H,14,15). The van der Waals surface area contributed by atoms with Gasteiger partial charge in [-0.05, 0) is 25.0 Å². The van der Waals surface area contributed by atoms with E-state index < -0.39 is 5.97 Å². The van der Waals surface area contributed by atoms with E-state index in [-0.39, 0.29) is 5.56 Å². The molecule has 0 saturated heterocycles. The molecule has 0 aliphatic carbocycles. The van der Waals surface area contributed by atoms with Crippen LogP contribution in [0.3, 0.4) is 0 Å². The van der Waals surface area contributed by atoms with Crippen molar-refractivity contribution in [1.29, 1.82) is 0 Å². The van der Waals surface area contributed by atoms with Gasteiger partial charge in [-0.25, -0.2) is 4.79 Å². The van der Waals surface area contributed by atoms with Crippen molar-refractivity contribution in [1.82, 2.24) is 0 Å². The number of hydrogen-bond acceptors (Lipinski definition) is 3. The highest BCUT2D eigenvalue weighted by Gasteiger charge is 2.16. The molecule has 0 unspecified atom stereocenters. The van der Waals surface area contributed by atoms with Crippen LogP contribution in [0.15, 0.2) is 18.2 Å². The van der Waals surface area contributed by atoms with Crippen LogP contribution in [0.2, 0.25) is 0 Å². The van der Waals surface area contributed by atoms with Gasteiger partial charge in [0.15, 0.2) is 11.5 Å². The quantitative estimate of drug-likeness (QED) is 0.828. The third kappa shape index (κ3) is 3.66. The smallest absolute Gasteiger partial charge is 0.339 e. The highest BCUT2D eigenvalue weighted by Crippen LogP contribution is 2.31. The van der Waals surface area contributed by atoms with Crippen LogP contribution in [0.4, 0.5) is 0 Å². The predicted molar refractivity (Wildman–Crippen MR) is 64.9 cm³/mol. The van der Waals surface area contributed by atoms with Crippen LogP contribution in [-0.2, 0) is 0 Å². The van der Waals surface area contributed by atoms with E-state index in [0.29, 0.717) is 30.6 Å². The molecule has 0 spiro atoms. The maximum atomic E-state index is 11.1. The molecule has 0 bridgehead atoms. The molecule has 4 heteroatoms. The molecule has 0 amide bonds. The van der Waals surface area contributed by atoms with Crippen molar-refractivity contribution in [3.05, 3.63) is 23.8 Å². The number of rotatable bonds is 6. The summed E-state index contributed by atoms with van der Waals surface area (Å²) in [6.45, 7) is 6.79. The SMILES string of the molecule is CCOc1cccc(C(=O)O)c1OCC(C)C. The van der Waals surface area contributed by atoms with Gasteiger partial charge >= 0.3 is 5.97 Å². The highest BCUT2D eigenvalue weighted by atomic mass is 16.5. The molecule has 94 valence electrons. The number of ether oxygens (including phenoxy) is 2. The molecule has 4 nitrogen and oxygen atoms in total. The third-order valence-corrected chi connectivity index (χ3v) is 2.07. The minimum absolute atomic E-state index is 0.136. The number of carboxylic acids is 1. The minimum atomic E-state index is -1.01. The van der Waals surface area contributed by atoms with E-state index in [2.05, 4.69) is 0 Å². The van der Waals surface area contributed by atoms with Crippen LogP contribution >= 0.6 is 0 Å². The van der Waals surface area contributed by atoms with Crippen molar-refractivity contribution in [2.45, 2.75) is 20.8 Å². The van der Waals surface area contributed by atoms with E-state index in [0.717, 1.165) is 0 Å². The molecule has 0 saturated carbocycles. The van der Waals surface area contributed by atoms with Gasteiger partial charge in [0.05, 0.1) is 13.2 Å². The summed E-state index contributed by atoms with van der Waals surface area (Å²) in [5.41, 5.74) is 0.136. The second kappa shape index (κ2) is 6.13. The topological polar surface area (TPSA) is 55.8 Å². The Morgan fingerprint density at radius 1 is 1.35 bits per heavy atom. The molecule has 0 radical (unpaired) electrons. The van der Waals surface area contributed by atoms with Gasteiger partial charge in [0, 0.05) is 0 Å². The number of para-hydroxylation sites is 1. The molecular formula is C13H18O4. The van der Waals surface area contributed by atoms with Crippen LogP contribution in [0, 0.1) is 5.92 Å². The summed E-state index contributed by atoms with van der Waals surface area (Å²) in [5.74, 6) is 0.111. The Morgan fingerprint density at radius 3 is 2.59 bits per heavy atom. The summed E-state index contributed by atoms with van der Waals surface area (Å²) in [4.78, 5) is 11.1. The molecule has 0 aliphatic heterocycles. The summed E-state index contributed by atoms with van der Waals surface area (Å²) in [6, 6.07) is 4.88. The third-order valence-electron chi connectivity index (χ3n) is 2.07. The largest absolute Gasteiger partial charge is 0.490 e. The summed E-state index contributed by atoms with van der Waals surface area (Å²) in [7, 11) is 0. The summed E-state index contributed by atoms with van der Waals surface area (Å²) in [6.07, 6.45) is 0. The molecule has 1 N–H and O–H groups in total. The van der Waals surface area contributed by atoms with E-state index in [1.807, 2.05) is 20.8 Å². The first-order valence-corrected chi connectivity index (χ1v) is 5.68. The number of carbonyl (C=O) groups is 1. The fourth-order valence-corrected chi connectivity index (χ4v) is 1.35. The Bertz CT molecular complexity index is 385. The summed E-state index contributed by atoms with van der Waals surface area (Å²) >= 11 is 0. The zero-order valence-corrected chi connectivity index (χ0v) is 10.4. The Kier molecular flexibility index (Phi) is 4.82. The molecular weight excluding hydrogens is 220 g/mol. The Morgan fingerprint density at radius 2 is 2.06 bits per heavy atom. The van der Waals surface area contributed by atoms with E-state index in [1.54, 1.807) is 12.1 Å². The molecule has 0 heterocycles. The summed E-state index contributed by atoms with van der Waals surface area (Å²) in [5, 5.41) is 9.09.